The lowest BCUT2D eigenvalue weighted by Crippen LogP contribution is -2.28. The monoisotopic (exact) mass is 1250 g/mol. The number of aliphatic hydroxyl groups is 1. The van der Waals surface area contributed by atoms with E-state index in [1.165, 1.54) is 372 Å². The van der Waals surface area contributed by atoms with E-state index in [1.54, 1.807) is 0 Å². The summed E-state index contributed by atoms with van der Waals surface area (Å²) in [4.78, 5) is 24.7. The van der Waals surface area contributed by atoms with Crippen molar-refractivity contribution in [1.82, 2.24) is 0 Å². The first-order chi connectivity index (χ1) is 44.1. The van der Waals surface area contributed by atoms with Crippen LogP contribution < -0.4 is 0 Å². The van der Waals surface area contributed by atoms with E-state index in [0.29, 0.717) is 12.8 Å². The highest BCUT2D eigenvalue weighted by Crippen LogP contribution is 2.21. The van der Waals surface area contributed by atoms with Crippen LogP contribution in [0.4, 0.5) is 0 Å². The fraction of sp³-hybridized carbons (Fsp3) is 0.881. The molecule has 1 N–H and O–H groups in total. The van der Waals surface area contributed by atoms with Gasteiger partial charge in [-0.05, 0) is 51.4 Å². The molecule has 1 unspecified atom stereocenters. The average molecular weight is 1250 g/mol. The fourth-order valence-electron chi connectivity index (χ4n) is 12.9. The minimum atomic E-state index is -0.769. The van der Waals surface area contributed by atoms with Gasteiger partial charge in [0, 0.05) is 12.8 Å². The smallest absolute Gasteiger partial charge is 0.306 e. The van der Waals surface area contributed by atoms with Crippen molar-refractivity contribution in [1.29, 1.82) is 0 Å². The SMILES string of the molecule is CC/C=C\C/C=C\C/C=C\C/C=C\CCCCCCCCCCCCCCCCCCCCCCCCCCCCCCC(=O)OC(CO)COC(=O)CCCCCCCCCCCCCCCCCCCCCCCCCCCCCCCCCCCC. The number of esters is 2. The minimum absolute atomic E-state index is 0.0576. The first kappa shape index (κ1) is 86.9. The minimum Gasteiger partial charge on any atom is -0.462 e. The van der Waals surface area contributed by atoms with Crippen LogP contribution in [0.3, 0.4) is 0 Å². The fourth-order valence-corrected chi connectivity index (χ4v) is 12.9. The second kappa shape index (κ2) is 80.1. The molecule has 0 fully saturated rings. The van der Waals surface area contributed by atoms with E-state index in [4.69, 9.17) is 9.47 Å². The normalized spacial score (nSPS) is 12.3. The molecule has 524 valence electrons. The Hall–Kier alpha value is -2.14. The number of aliphatic hydroxyl groups excluding tert-OH is 1. The third-order valence-electron chi connectivity index (χ3n) is 18.9. The lowest BCUT2D eigenvalue weighted by molar-refractivity contribution is -0.161. The number of carbonyl (C=O) groups is 2. The lowest BCUT2D eigenvalue weighted by atomic mass is 10.0. The number of carbonyl (C=O) groups excluding carboxylic acids is 2. The van der Waals surface area contributed by atoms with E-state index >= 15 is 0 Å². The van der Waals surface area contributed by atoms with Gasteiger partial charge in [-0.1, -0.05) is 441 Å². The highest BCUT2D eigenvalue weighted by atomic mass is 16.6. The quantitative estimate of drug-likeness (QED) is 0.0373. The molecule has 5 nitrogen and oxygen atoms in total. The van der Waals surface area contributed by atoms with Gasteiger partial charge in [-0.2, -0.15) is 0 Å². The van der Waals surface area contributed by atoms with E-state index < -0.39 is 6.10 Å². The van der Waals surface area contributed by atoms with Gasteiger partial charge in [0.15, 0.2) is 6.10 Å². The van der Waals surface area contributed by atoms with Crippen LogP contribution in [0.5, 0.6) is 0 Å². The Bertz CT molecular complexity index is 1460. The molecule has 0 aromatic rings. The maximum atomic E-state index is 12.4. The van der Waals surface area contributed by atoms with Crippen LogP contribution in [0, 0.1) is 0 Å². The zero-order chi connectivity index (χ0) is 64.0. The molecule has 0 aliphatic rings. The van der Waals surface area contributed by atoms with Gasteiger partial charge in [0.25, 0.3) is 0 Å². The predicted octanol–water partition coefficient (Wildman–Crippen LogP) is 28.6. The van der Waals surface area contributed by atoms with Gasteiger partial charge in [-0.25, -0.2) is 0 Å². The van der Waals surface area contributed by atoms with Gasteiger partial charge in [-0.3, -0.25) is 9.59 Å². The predicted molar refractivity (Wildman–Crippen MR) is 394 cm³/mol. The van der Waals surface area contributed by atoms with Crippen molar-refractivity contribution in [3.05, 3.63) is 48.6 Å². The largest absolute Gasteiger partial charge is 0.462 e. The number of unbranched alkanes of at least 4 members (excludes halogenated alkanes) is 61. The molecule has 0 heterocycles. The third kappa shape index (κ3) is 78.2. The van der Waals surface area contributed by atoms with Crippen LogP contribution in [-0.4, -0.2) is 36.4 Å². The maximum Gasteiger partial charge on any atom is 0.306 e. The molecule has 0 aromatic heterocycles. The van der Waals surface area contributed by atoms with Crippen molar-refractivity contribution in [3.8, 4) is 0 Å². The van der Waals surface area contributed by atoms with Crippen LogP contribution in [0.25, 0.3) is 0 Å². The summed E-state index contributed by atoms with van der Waals surface area (Å²) >= 11 is 0. The average Bonchev–Trinajstić information content (AvgIpc) is 3.55. The zero-order valence-electron chi connectivity index (χ0n) is 60.5. The van der Waals surface area contributed by atoms with E-state index in [0.717, 1.165) is 57.8 Å². The standard InChI is InChI=1S/C84H158O5/c1-3-5-7-9-11-13-15-17-19-21-23-25-27-29-31-33-35-37-39-40-41-42-43-44-45-47-49-51-53-55-57-59-61-63-65-67-69-71-73-75-77-79-84(87)89-82(80-85)81-88-83(86)78-76-74-72-70-68-66-64-62-60-58-56-54-52-50-48-46-38-36-34-32-30-28-26-24-22-20-18-16-14-12-10-8-6-4-2/h5,7,11,13,17,19,23,25,82,85H,3-4,6,8-10,12,14-16,18,20-22,24,26-81H2,1-2H3/b7-5-,13-11-,19-17-,25-23-. The third-order valence-corrected chi connectivity index (χ3v) is 18.9. The summed E-state index contributed by atoms with van der Waals surface area (Å²) in [6.45, 7) is 4.10. The summed E-state index contributed by atoms with van der Waals surface area (Å²) < 4.78 is 10.8. The summed E-state index contributed by atoms with van der Waals surface area (Å²) in [7, 11) is 0. The molecule has 89 heavy (non-hydrogen) atoms. The molecule has 0 rings (SSSR count). The molecule has 0 spiro atoms. The molecule has 5 heteroatoms. The second-order valence-electron chi connectivity index (χ2n) is 27.8. The van der Waals surface area contributed by atoms with E-state index in [1.807, 2.05) is 0 Å². The Morgan fingerprint density at radius 2 is 0.483 bits per heavy atom. The molecule has 0 aliphatic heterocycles. The van der Waals surface area contributed by atoms with Crippen molar-refractivity contribution in [2.24, 2.45) is 0 Å². The van der Waals surface area contributed by atoms with Crippen LogP contribution in [0.1, 0.15) is 457 Å². The van der Waals surface area contributed by atoms with Gasteiger partial charge < -0.3 is 14.6 Å². The van der Waals surface area contributed by atoms with Crippen LogP contribution >= 0.6 is 0 Å². The summed E-state index contributed by atoms with van der Waals surface area (Å²) in [5.74, 6) is -0.560. The Balaban J connectivity index is 3.35. The number of allylic oxidation sites excluding steroid dienone is 8. The van der Waals surface area contributed by atoms with Crippen molar-refractivity contribution in [2.45, 2.75) is 463 Å². The molecule has 0 saturated carbocycles. The maximum absolute atomic E-state index is 12.4. The van der Waals surface area contributed by atoms with Gasteiger partial charge in [0.2, 0.25) is 0 Å². The van der Waals surface area contributed by atoms with Gasteiger partial charge in [0.05, 0.1) is 6.61 Å². The van der Waals surface area contributed by atoms with Crippen LogP contribution in [0.2, 0.25) is 0 Å². The van der Waals surface area contributed by atoms with E-state index in [9.17, 15) is 14.7 Å². The van der Waals surface area contributed by atoms with Crippen molar-refractivity contribution in [3.63, 3.8) is 0 Å². The van der Waals surface area contributed by atoms with Crippen molar-refractivity contribution >= 4 is 11.9 Å². The van der Waals surface area contributed by atoms with Gasteiger partial charge in [0.1, 0.15) is 6.61 Å². The van der Waals surface area contributed by atoms with Gasteiger partial charge >= 0.3 is 11.9 Å². The van der Waals surface area contributed by atoms with E-state index in [-0.39, 0.29) is 25.2 Å². The summed E-state index contributed by atoms with van der Waals surface area (Å²) in [6, 6.07) is 0. The number of hydrogen-bond acceptors (Lipinski definition) is 5. The summed E-state index contributed by atoms with van der Waals surface area (Å²) in [6.07, 6.45) is 109. The molecule has 0 radical (unpaired) electrons. The zero-order valence-corrected chi connectivity index (χ0v) is 60.5. The number of rotatable bonds is 77. The molecule has 0 bridgehead atoms. The van der Waals surface area contributed by atoms with Crippen LogP contribution in [-0.2, 0) is 19.1 Å². The Morgan fingerprint density at radius 3 is 0.730 bits per heavy atom. The molecular formula is C84H158O5. The highest BCUT2D eigenvalue weighted by Gasteiger charge is 2.16. The Labute approximate surface area is 558 Å². The molecule has 1 atom stereocenters. The molecule has 0 aromatic carbocycles. The summed E-state index contributed by atoms with van der Waals surface area (Å²) in [5, 5.41) is 9.73. The first-order valence-corrected chi connectivity index (χ1v) is 40.7. The second-order valence-corrected chi connectivity index (χ2v) is 27.8. The first-order valence-electron chi connectivity index (χ1n) is 40.7. The van der Waals surface area contributed by atoms with Crippen LogP contribution in [0.15, 0.2) is 48.6 Å². The topological polar surface area (TPSA) is 72.8 Å². The van der Waals surface area contributed by atoms with Crippen molar-refractivity contribution < 1.29 is 24.2 Å². The Morgan fingerprint density at radius 1 is 0.270 bits per heavy atom. The number of ether oxygens (including phenoxy) is 2. The molecule has 0 amide bonds. The highest BCUT2D eigenvalue weighted by molar-refractivity contribution is 5.70. The number of hydrogen-bond donors (Lipinski definition) is 1. The Kier molecular flexibility index (Phi) is 78.2. The van der Waals surface area contributed by atoms with E-state index in [2.05, 4.69) is 62.5 Å². The molecular weight excluding hydrogens is 1090 g/mol. The molecule has 0 aliphatic carbocycles. The van der Waals surface area contributed by atoms with Crippen molar-refractivity contribution in [2.75, 3.05) is 13.2 Å². The molecule has 0 saturated heterocycles. The summed E-state index contributed by atoms with van der Waals surface area (Å²) in [5.41, 5.74) is 0. The lowest BCUT2D eigenvalue weighted by Gasteiger charge is -2.15. The van der Waals surface area contributed by atoms with Gasteiger partial charge in [-0.15, -0.1) is 0 Å².